The zero-order valence-corrected chi connectivity index (χ0v) is 13.0. The Bertz CT molecular complexity index is 717. The van der Waals surface area contributed by atoms with Crippen LogP contribution in [0, 0.1) is 0 Å². The van der Waals surface area contributed by atoms with Gasteiger partial charge in [0.15, 0.2) is 0 Å². The maximum Gasteiger partial charge on any atom is 0.335 e. The van der Waals surface area contributed by atoms with Crippen LogP contribution in [0.2, 0.25) is 0 Å². The molecule has 0 spiro atoms. The Morgan fingerprint density at radius 3 is 2.13 bits per heavy atom. The van der Waals surface area contributed by atoms with E-state index >= 15 is 0 Å². The molecule has 118 valence electrons. The van der Waals surface area contributed by atoms with Gasteiger partial charge in [0.2, 0.25) is 5.91 Å². The van der Waals surface area contributed by atoms with Crippen LogP contribution >= 0.6 is 0 Å². The highest BCUT2D eigenvalue weighted by Crippen LogP contribution is 2.15. The first-order valence-electron chi connectivity index (χ1n) is 7.05. The molecule has 0 saturated carbocycles. The predicted molar refractivity (Wildman–Crippen MR) is 91.8 cm³/mol. The van der Waals surface area contributed by atoms with E-state index in [1.165, 1.54) is 18.2 Å². The van der Waals surface area contributed by atoms with Crippen LogP contribution in [-0.2, 0) is 4.79 Å². The van der Waals surface area contributed by atoms with Gasteiger partial charge in [0, 0.05) is 31.5 Å². The Balaban J connectivity index is 1.97. The lowest BCUT2D eigenvalue weighted by Gasteiger charge is -2.12. The van der Waals surface area contributed by atoms with Crippen molar-refractivity contribution < 1.29 is 14.7 Å². The maximum atomic E-state index is 11.9. The quantitative estimate of drug-likeness (QED) is 0.833. The van der Waals surface area contributed by atoms with Crippen molar-refractivity contribution in [3.63, 3.8) is 0 Å². The van der Waals surface area contributed by atoms with Crippen LogP contribution in [0.3, 0.4) is 0 Å². The number of hydrogen-bond acceptors (Lipinski definition) is 3. The molecule has 2 N–H and O–H groups in total. The molecule has 2 aromatic carbocycles. The number of carboxylic acids is 1. The Labute approximate surface area is 134 Å². The van der Waals surface area contributed by atoms with Gasteiger partial charge >= 0.3 is 5.97 Å². The summed E-state index contributed by atoms with van der Waals surface area (Å²) in [6.07, 6.45) is 3.05. The van der Waals surface area contributed by atoms with Crippen LogP contribution in [0.1, 0.15) is 15.9 Å². The highest BCUT2D eigenvalue weighted by atomic mass is 16.4. The highest BCUT2D eigenvalue weighted by Gasteiger charge is 2.01. The lowest BCUT2D eigenvalue weighted by Crippen LogP contribution is -2.10. The average molecular weight is 310 g/mol. The summed E-state index contributed by atoms with van der Waals surface area (Å²) in [7, 11) is 3.90. The summed E-state index contributed by atoms with van der Waals surface area (Å²) in [5.74, 6) is -1.22. The molecular weight excluding hydrogens is 292 g/mol. The minimum Gasteiger partial charge on any atom is -0.478 e. The van der Waals surface area contributed by atoms with E-state index in [9.17, 15) is 9.59 Å². The first-order valence-corrected chi connectivity index (χ1v) is 7.05. The molecule has 0 saturated heterocycles. The Morgan fingerprint density at radius 1 is 1.00 bits per heavy atom. The van der Waals surface area contributed by atoms with Gasteiger partial charge in [-0.15, -0.1) is 0 Å². The molecule has 2 aromatic rings. The molecule has 0 heterocycles. The third-order valence-electron chi connectivity index (χ3n) is 3.24. The van der Waals surface area contributed by atoms with Crippen LogP contribution in [0.25, 0.3) is 6.08 Å². The molecule has 1 amide bonds. The van der Waals surface area contributed by atoms with Crippen LogP contribution in [-0.4, -0.2) is 31.1 Å². The third-order valence-corrected chi connectivity index (χ3v) is 3.24. The van der Waals surface area contributed by atoms with E-state index in [2.05, 4.69) is 5.32 Å². The number of hydrogen-bond donors (Lipinski definition) is 2. The number of amides is 1. The summed E-state index contributed by atoms with van der Waals surface area (Å²) in [4.78, 5) is 24.6. The van der Waals surface area contributed by atoms with Crippen molar-refractivity contribution in [1.82, 2.24) is 0 Å². The summed E-state index contributed by atoms with van der Waals surface area (Å²) in [5, 5.41) is 11.6. The number of benzene rings is 2. The van der Waals surface area contributed by atoms with E-state index in [0.29, 0.717) is 5.69 Å². The fourth-order valence-corrected chi connectivity index (χ4v) is 1.94. The number of carbonyl (C=O) groups is 2. The molecule has 0 unspecified atom stereocenters. The molecule has 0 aliphatic carbocycles. The summed E-state index contributed by atoms with van der Waals surface area (Å²) in [6, 6.07) is 13.8. The highest BCUT2D eigenvalue weighted by molar-refractivity contribution is 6.02. The van der Waals surface area contributed by atoms with Crippen molar-refractivity contribution in [3.05, 3.63) is 65.7 Å². The van der Waals surface area contributed by atoms with Gasteiger partial charge in [0.25, 0.3) is 0 Å². The van der Waals surface area contributed by atoms with Gasteiger partial charge in [-0.25, -0.2) is 4.79 Å². The van der Waals surface area contributed by atoms with Crippen LogP contribution in [0.4, 0.5) is 11.4 Å². The van der Waals surface area contributed by atoms with Crippen molar-refractivity contribution in [2.75, 3.05) is 24.3 Å². The van der Waals surface area contributed by atoms with E-state index < -0.39 is 5.97 Å². The van der Waals surface area contributed by atoms with Crippen LogP contribution in [0.5, 0.6) is 0 Å². The molecule has 0 fully saturated rings. The second-order valence-corrected chi connectivity index (χ2v) is 5.19. The first-order chi connectivity index (χ1) is 11.0. The van der Waals surface area contributed by atoms with Crippen molar-refractivity contribution >= 4 is 29.3 Å². The average Bonchev–Trinajstić information content (AvgIpc) is 2.54. The van der Waals surface area contributed by atoms with Crippen LogP contribution < -0.4 is 10.2 Å². The normalized spacial score (nSPS) is 10.5. The van der Waals surface area contributed by atoms with E-state index in [-0.39, 0.29) is 11.5 Å². The molecule has 0 radical (unpaired) electrons. The molecule has 5 nitrogen and oxygen atoms in total. The summed E-state index contributed by atoms with van der Waals surface area (Å²) < 4.78 is 0. The minimum atomic E-state index is -0.973. The van der Waals surface area contributed by atoms with Gasteiger partial charge < -0.3 is 15.3 Å². The number of nitrogens with one attached hydrogen (secondary N) is 1. The van der Waals surface area contributed by atoms with E-state index in [0.717, 1.165) is 11.3 Å². The van der Waals surface area contributed by atoms with Crippen molar-refractivity contribution in [2.45, 2.75) is 0 Å². The van der Waals surface area contributed by atoms with Gasteiger partial charge in [0.05, 0.1) is 5.56 Å². The monoisotopic (exact) mass is 310 g/mol. The number of rotatable bonds is 5. The molecule has 0 aliphatic heterocycles. The second-order valence-electron chi connectivity index (χ2n) is 5.19. The standard InChI is InChI=1S/C18H18N2O3/c1-20(2)16-10-8-15(9-11-16)19-17(21)12-5-13-3-6-14(7-4-13)18(22)23/h3-12H,1-2H3,(H,19,21)(H,22,23). The minimum absolute atomic E-state index is 0.215. The molecule has 0 atom stereocenters. The Hall–Kier alpha value is -3.08. The first kappa shape index (κ1) is 16.3. The Kier molecular flexibility index (Phi) is 5.15. The zero-order chi connectivity index (χ0) is 16.8. The summed E-state index contributed by atoms with van der Waals surface area (Å²) in [5.41, 5.74) is 2.74. The lowest BCUT2D eigenvalue weighted by molar-refractivity contribution is -0.111. The largest absolute Gasteiger partial charge is 0.478 e. The van der Waals surface area contributed by atoms with E-state index in [1.807, 2.05) is 43.3 Å². The molecular formula is C18H18N2O3. The summed E-state index contributed by atoms with van der Waals surface area (Å²) >= 11 is 0. The lowest BCUT2D eigenvalue weighted by atomic mass is 10.1. The van der Waals surface area contributed by atoms with Gasteiger partial charge in [0.1, 0.15) is 0 Å². The maximum absolute atomic E-state index is 11.9. The topological polar surface area (TPSA) is 69.6 Å². The van der Waals surface area contributed by atoms with Crippen LogP contribution in [0.15, 0.2) is 54.6 Å². The second kappa shape index (κ2) is 7.26. The molecule has 5 heteroatoms. The smallest absolute Gasteiger partial charge is 0.335 e. The van der Waals surface area contributed by atoms with Gasteiger partial charge in [-0.1, -0.05) is 12.1 Å². The van der Waals surface area contributed by atoms with Crippen molar-refractivity contribution in [3.8, 4) is 0 Å². The van der Waals surface area contributed by atoms with Gasteiger partial charge in [-0.3, -0.25) is 4.79 Å². The van der Waals surface area contributed by atoms with Gasteiger partial charge in [-0.2, -0.15) is 0 Å². The van der Waals surface area contributed by atoms with Gasteiger partial charge in [-0.05, 0) is 48.0 Å². The number of carboxylic acid groups (broad SMARTS) is 1. The number of anilines is 2. The molecule has 2 rings (SSSR count). The van der Waals surface area contributed by atoms with E-state index in [1.54, 1.807) is 18.2 Å². The molecule has 0 aromatic heterocycles. The Morgan fingerprint density at radius 2 is 1.61 bits per heavy atom. The third kappa shape index (κ3) is 4.71. The number of aromatic carboxylic acids is 1. The van der Waals surface area contributed by atoms with Crippen molar-refractivity contribution in [1.29, 1.82) is 0 Å². The number of carbonyl (C=O) groups excluding carboxylic acids is 1. The zero-order valence-electron chi connectivity index (χ0n) is 13.0. The number of nitrogens with zero attached hydrogens (tertiary/aromatic N) is 1. The van der Waals surface area contributed by atoms with E-state index in [4.69, 9.17) is 5.11 Å². The van der Waals surface area contributed by atoms with Crippen molar-refractivity contribution in [2.24, 2.45) is 0 Å². The predicted octanol–water partition coefficient (Wildman–Crippen LogP) is 3.10. The summed E-state index contributed by atoms with van der Waals surface area (Å²) in [6.45, 7) is 0. The fraction of sp³-hybridized carbons (Fsp3) is 0.111. The SMILES string of the molecule is CN(C)c1ccc(NC(=O)C=Cc2ccc(C(=O)O)cc2)cc1. The molecule has 23 heavy (non-hydrogen) atoms. The molecule has 0 aliphatic rings. The molecule has 0 bridgehead atoms. The fourth-order valence-electron chi connectivity index (χ4n) is 1.94.